The Morgan fingerprint density at radius 3 is 2.71 bits per heavy atom. The fraction of sp³-hybridized carbons (Fsp3) is 0.333. The van der Waals surface area contributed by atoms with Gasteiger partial charge in [0.25, 0.3) is 11.8 Å². The third kappa shape index (κ3) is 2.44. The summed E-state index contributed by atoms with van der Waals surface area (Å²) in [6, 6.07) is 4.36. The van der Waals surface area contributed by atoms with Crippen molar-refractivity contribution in [2.24, 2.45) is 0 Å². The van der Waals surface area contributed by atoms with E-state index in [1.165, 1.54) is 12.0 Å². The standard InChI is InChI=1S/C15H14BrN3O5/c1-24-9-3-2-8-6-19(12(21)10(8)4-9)7-15(11(20)5-16)13(22)17-14(23)18-15/h2-4H,5-7H2,1H3,(H2,17,18,22,23)/t15-/m0/s1. The van der Waals surface area contributed by atoms with Crippen LogP contribution < -0.4 is 15.4 Å². The molecule has 0 saturated carbocycles. The van der Waals surface area contributed by atoms with Gasteiger partial charge < -0.3 is 15.0 Å². The zero-order valence-electron chi connectivity index (χ0n) is 12.7. The van der Waals surface area contributed by atoms with Gasteiger partial charge >= 0.3 is 6.03 Å². The van der Waals surface area contributed by atoms with Gasteiger partial charge in [-0.15, -0.1) is 0 Å². The molecular weight excluding hydrogens is 382 g/mol. The van der Waals surface area contributed by atoms with E-state index in [0.29, 0.717) is 11.3 Å². The van der Waals surface area contributed by atoms with E-state index in [1.54, 1.807) is 18.2 Å². The summed E-state index contributed by atoms with van der Waals surface area (Å²) in [7, 11) is 1.50. The Bertz CT molecular complexity index is 765. The third-order valence-electron chi connectivity index (χ3n) is 4.16. The van der Waals surface area contributed by atoms with E-state index >= 15 is 0 Å². The van der Waals surface area contributed by atoms with Gasteiger partial charge in [-0.2, -0.15) is 0 Å². The first kappa shape index (κ1) is 16.4. The van der Waals surface area contributed by atoms with Crippen LogP contribution >= 0.6 is 15.9 Å². The summed E-state index contributed by atoms with van der Waals surface area (Å²) in [6.07, 6.45) is 0. The maximum absolute atomic E-state index is 12.6. The van der Waals surface area contributed by atoms with Gasteiger partial charge in [0.15, 0.2) is 11.3 Å². The number of fused-ring (bicyclic) bond motifs is 1. The van der Waals surface area contributed by atoms with E-state index < -0.39 is 23.3 Å². The number of methoxy groups -OCH3 is 1. The molecule has 3 rings (SSSR count). The molecule has 0 spiro atoms. The number of alkyl halides is 1. The maximum atomic E-state index is 12.6. The highest BCUT2D eigenvalue weighted by Crippen LogP contribution is 2.29. The van der Waals surface area contributed by atoms with Crippen LogP contribution in [0.2, 0.25) is 0 Å². The molecule has 4 amide bonds. The third-order valence-corrected chi connectivity index (χ3v) is 4.67. The maximum Gasteiger partial charge on any atom is 0.322 e. The summed E-state index contributed by atoms with van der Waals surface area (Å²) in [5.41, 5.74) is -0.546. The Morgan fingerprint density at radius 2 is 2.12 bits per heavy atom. The molecule has 1 atom stereocenters. The summed E-state index contributed by atoms with van der Waals surface area (Å²) >= 11 is 3.02. The molecule has 2 heterocycles. The molecule has 1 saturated heterocycles. The molecule has 0 aromatic heterocycles. The molecule has 0 bridgehead atoms. The number of hydrogen-bond acceptors (Lipinski definition) is 5. The Hall–Kier alpha value is -2.42. The summed E-state index contributed by atoms with van der Waals surface area (Å²) < 4.78 is 5.11. The summed E-state index contributed by atoms with van der Waals surface area (Å²) in [5, 5.41) is 4.31. The van der Waals surface area contributed by atoms with Crippen molar-refractivity contribution >= 4 is 39.6 Å². The number of benzene rings is 1. The Balaban J connectivity index is 1.90. The van der Waals surface area contributed by atoms with Crippen molar-refractivity contribution in [3.63, 3.8) is 0 Å². The molecule has 24 heavy (non-hydrogen) atoms. The average molecular weight is 396 g/mol. The lowest BCUT2D eigenvalue weighted by atomic mass is 9.94. The second kappa shape index (κ2) is 5.90. The number of hydrogen-bond donors (Lipinski definition) is 2. The van der Waals surface area contributed by atoms with Gasteiger partial charge in [0.05, 0.1) is 19.0 Å². The zero-order chi connectivity index (χ0) is 17.5. The number of halogens is 1. The fourth-order valence-corrected chi connectivity index (χ4v) is 3.36. The molecule has 8 nitrogen and oxygen atoms in total. The first-order chi connectivity index (χ1) is 11.4. The quantitative estimate of drug-likeness (QED) is 0.420. The van der Waals surface area contributed by atoms with Gasteiger partial charge in [0.1, 0.15) is 5.75 Å². The van der Waals surface area contributed by atoms with Crippen molar-refractivity contribution in [1.29, 1.82) is 0 Å². The number of imide groups is 1. The predicted molar refractivity (Wildman–Crippen MR) is 85.9 cm³/mol. The number of ketones is 1. The number of carbonyl (C=O) groups is 4. The van der Waals surface area contributed by atoms with E-state index in [0.717, 1.165) is 5.56 Å². The molecule has 2 N–H and O–H groups in total. The summed E-state index contributed by atoms with van der Waals surface area (Å²) in [4.78, 5) is 49.9. The lowest BCUT2D eigenvalue weighted by Gasteiger charge is -2.28. The van der Waals surface area contributed by atoms with Gasteiger partial charge in [0, 0.05) is 12.1 Å². The number of nitrogens with zero attached hydrogens (tertiary/aromatic N) is 1. The predicted octanol–water partition coefficient (Wildman–Crippen LogP) is 0.193. The molecule has 1 aromatic rings. The number of nitrogens with one attached hydrogen (secondary N) is 2. The van der Waals surface area contributed by atoms with Crippen LogP contribution in [0.15, 0.2) is 18.2 Å². The minimum absolute atomic E-state index is 0.122. The van der Waals surface area contributed by atoms with E-state index in [4.69, 9.17) is 4.74 Å². The summed E-state index contributed by atoms with van der Waals surface area (Å²) in [5.74, 6) is -1.05. The molecular formula is C15H14BrN3O5. The smallest absolute Gasteiger partial charge is 0.322 e. The van der Waals surface area contributed by atoms with E-state index in [1.807, 2.05) is 0 Å². The molecule has 0 radical (unpaired) electrons. The van der Waals surface area contributed by atoms with Crippen molar-refractivity contribution < 1.29 is 23.9 Å². The van der Waals surface area contributed by atoms with Crippen LogP contribution in [0.3, 0.4) is 0 Å². The highest BCUT2D eigenvalue weighted by Gasteiger charge is 2.53. The van der Waals surface area contributed by atoms with Crippen molar-refractivity contribution in [3.8, 4) is 5.75 Å². The SMILES string of the molecule is COc1ccc2c(c1)C(=O)N(C[C@@]1(C(=O)CBr)NC(=O)NC1=O)C2. The molecule has 1 aromatic carbocycles. The second-order valence-corrected chi connectivity index (χ2v) is 6.12. The topological polar surface area (TPSA) is 105 Å². The Morgan fingerprint density at radius 1 is 1.38 bits per heavy atom. The molecule has 2 aliphatic heterocycles. The van der Waals surface area contributed by atoms with Gasteiger partial charge in [-0.25, -0.2) is 4.79 Å². The van der Waals surface area contributed by atoms with Gasteiger partial charge in [-0.05, 0) is 17.7 Å². The lowest BCUT2D eigenvalue weighted by Crippen LogP contribution is -2.61. The fourth-order valence-electron chi connectivity index (χ4n) is 2.88. The normalized spacial score (nSPS) is 22.2. The first-order valence-electron chi connectivity index (χ1n) is 7.10. The van der Waals surface area contributed by atoms with E-state index in [-0.39, 0.29) is 24.3 Å². The van der Waals surface area contributed by atoms with Crippen molar-refractivity contribution in [1.82, 2.24) is 15.5 Å². The number of urea groups is 1. The summed E-state index contributed by atoms with van der Waals surface area (Å²) in [6.45, 7) is 0.0173. The zero-order valence-corrected chi connectivity index (χ0v) is 14.3. The van der Waals surface area contributed by atoms with Crippen LogP contribution in [0.25, 0.3) is 0 Å². The second-order valence-electron chi connectivity index (χ2n) is 5.55. The average Bonchev–Trinajstić information content (AvgIpc) is 3.03. The first-order valence-corrected chi connectivity index (χ1v) is 8.22. The molecule has 9 heteroatoms. The molecule has 2 aliphatic rings. The minimum Gasteiger partial charge on any atom is -0.497 e. The van der Waals surface area contributed by atoms with Crippen molar-refractivity contribution in [2.75, 3.05) is 19.0 Å². The van der Waals surface area contributed by atoms with E-state index in [2.05, 4.69) is 26.6 Å². The molecule has 0 unspecified atom stereocenters. The van der Waals surface area contributed by atoms with Crippen molar-refractivity contribution in [3.05, 3.63) is 29.3 Å². The largest absolute Gasteiger partial charge is 0.497 e. The van der Waals surface area contributed by atoms with Crippen LogP contribution in [-0.2, 0) is 16.1 Å². The van der Waals surface area contributed by atoms with Crippen LogP contribution in [0.4, 0.5) is 4.79 Å². The van der Waals surface area contributed by atoms with Crippen LogP contribution in [0, 0.1) is 0 Å². The van der Waals surface area contributed by atoms with Crippen LogP contribution in [0.1, 0.15) is 15.9 Å². The lowest BCUT2D eigenvalue weighted by molar-refractivity contribution is -0.133. The number of rotatable bonds is 5. The molecule has 126 valence electrons. The monoisotopic (exact) mass is 395 g/mol. The van der Waals surface area contributed by atoms with Crippen molar-refractivity contribution in [2.45, 2.75) is 12.1 Å². The van der Waals surface area contributed by atoms with Gasteiger partial charge in [-0.1, -0.05) is 22.0 Å². The van der Waals surface area contributed by atoms with Gasteiger partial charge in [0.2, 0.25) is 0 Å². The Kier molecular flexibility index (Phi) is 4.04. The molecule has 0 aliphatic carbocycles. The van der Waals surface area contributed by atoms with E-state index in [9.17, 15) is 19.2 Å². The number of Topliss-reactive ketones (excluding diaryl/α,β-unsaturated/α-hetero) is 1. The molecule has 1 fully saturated rings. The van der Waals surface area contributed by atoms with Gasteiger partial charge in [-0.3, -0.25) is 19.7 Å². The van der Waals surface area contributed by atoms with Crippen LogP contribution in [0.5, 0.6) is 5.75 Å². The Labute approximate surface area is 145 Å². The number of amides is 4. The number of ether oxygens (including phenoxy) is 1. The number of carbonyl (C=O) groups excluding carboxylic acids is 4. The minimum atomic E-state index is -1.78. The highest BCUT2D eigenvalue weighted by molar-refractivity contribution is 9.09. The highest BCUT2D eigenvalue weighted by atomic mass is 79.9. The van der Waals surface area contributed by atoms with Crippen LogP contribution in [-0.4, -0.2) is 53.1 Å².